The minimum absolute atomic E-state index is 0.0216. The third-order valence-electron chi connectivity index (χ3n) is 2.00. The van der Waals surface area contributed by atoms with Gasteiger partial charge in [0.25, 0.3) is 0 Å². The zero-order chi connectivity index (χ0) is 10.7. The van der Waals surface area contributed by atoms with E-state index in [4.69, 9.17) is 10.5 Å². The summed E-state index contributed by atoms with van der Waals surface area (Å²) in [6.07, 6.45) is 0. The maximum absolute atomic E-state index is 11.6. The molecule has 0 saturated heterocycles. The van der Waals surface area contributed by atoms with Crippen LogP contribution < -0.4 is 10.5 Å². The third-order valence-corrected chi connectivity index (χ3v) is 2.51. The van der Waals surface area contributed by atoms with Crippen molar-refractivity contribution in [1.82, 2.24) is 0 Å². The lowest BCUT2D eigenvalue weighted by Gasteiger charge is -2.11. The van der Waals surface area contributed by atoms with Crippen molar-refractivity contribution in [3.63, 3.8) is 0 Å². The number of anilines is 1. The summed E-state index contributed by atoms with van der Waals surface area (Å²) in [7, 11) is 1.51. The normalized spacial score (nSPS) is 9.93. The van der Waals surface area contributed by atoms with Crippen LogP contribution in [0, 0.1) is 6.92 Å². The Morgan fingerprint density at radius 2 is 2.21 bits per heavy atom. The van der Waals surface area contributed by atoms with Gasteiger partial charge in [-0.2, -0.15) is 0 Å². The number of methoxy groups -OCH3 is 1. The fourth-order valence-corrected chi connectivity index (χ4v) is 1.61. The number of Topliss-reactive ketones (excluding diaryl/α,β-unsaturated/α-hetero) is 1. The quantitative estimate of drug-likeness (QED) is 0.513. The molecule has 1 rings (SSSR count). The lowest BCUT2D eigenvalue weighted by atomic mass is 10.0. The van der Waals surface area contributed by atoms with Gasteiger partial charge in [-0.1, -0.05) is 22.0 Å². The molecule has 0 aliphatic heterocycles. The smallest absolute Gasteiger partial charge is 0.177 e. The van der Waals surface area contributed by atoms with Crippen molar-refractivity contribution in [2.24, 2.45) is 0 Å². The molecule has 0 radical (unpaired) electrons. The monoisotopic (exact) mass is 257 g/mol. The predicted octanol–water partition coefficient (Wildman–Crippen LogP) is 2.16. The van der Waals surface area contributed by atoms with Crippen LogP contribution in [0.3, 0.4) is 0 Å². The van der Waals surface area contributed by atoms with Crippen LogP contribution in [-0.2, 0) is 0 Å². The SMILES string of the molecule is COc1c(N)ccc(C)c1C(=O)CBr. The number of carbonyl (C=O) groups excluding carboxylic acids is 1. The first kappa shape index (κ1) is 11.0. The fraction of sp³-hybridized carbons (Fsp3) is 0.300. The Bertz CT molecular complexity index is 363. The average Bonchev–Trinajstić information content (AvgIpc) is 2.19. The second-order valence-corrected chi connectivity index (χ2v) is 3.50. The number of halogens is 1. The Morgan fingerprint density at radius 1 is 1.57 bits per heavy atom. The molecule has 1 aromatic rings. The molecule has 0 saturated carbocycles. The van der Waals surface area contributed by atoms with Crippen molar-refractivity contribution in [2.45, 2.75) is 6.92 Å². The molecular weight excluding hydrogens is 246 g/mol. The van der Waals surface area contributed by atoms with Gasteiger partial charge in [0.1, 0.15) is 0 Å². The zero-order valence-electron chi connectivity index (χ0n) is 8.13. The highest BCUT2D eigenvalue weighted by Crippen LogP contribution is 2.29. The number of nitrogen functional groups attached to an aromatic ring is 1. The first-order valence-corrected chi connectivity index (χ1v) is 5.26. The number of rotatable bonds is 3. The molecule has 0 unspecified atom stereocenters. The van der Waals surface area contributed by atoms with Crippen molar-refractivity contribution in [2.75, 3.05) is 18.2 Å². The van der Waals surface area contributed by atoms with Crippen LogP contribution in [0.2, 0.25) is 0 Å². The maximum atomic E-state index is 11.6. The molecule has 0 atom stereocenters. The molecule has 0 aromatic heterocycles. The molecular formula is C10H12BrNO2. The van der Waals surface area contributed by atoms with Crippen molar-refractivity contribution < 1.29 is 9.53 Å². The van der Waals surface area contributed by atoms with Gasteiger partial charge in [0, 0.05) is 0 Å². The summed E-state index contributed by atoms with van der Waals surface area (Å²) in [6, 6.07) is 3.55. The van der Waals surface area contributed by atoms with Gasteiger partial charge in [0.15, 0.2) is 11.5 Å². The molecule has 0 bridgehead atoms. The standard InChI is InChI=1S/C10H12BrNO2/c1-6-3-4-7(12)10(14-2)9(6)8(13)5-11/h3-4H,5,12H2,1-2H3. The van der Waals surface area contributed by atoms with Gasteiger partial charge in [0.05, 0.1) is 23.7 Å². The van der Waals surface area contributed by atoms with E-state index in [1.807, 2.05) is 13.0 Å². The summed E-state index contributed by atoms with van der Waals surface area (Å²) in [5.41, 5.74) is 7.62. The number of nitrogens with two attached hydrogens (primary N) is 1. The van der Waals surface area contributed by atoms with Crippen molar-refractivity contribution in [1.29, 1.82) is 0 Å². The number of hydrogen-bond acceptors (Lipinski definition) is 3. The van der Waals surface area contributed by atoms with E-state index in [1.54, 1.807) is 6.07 Å². The van der Waals surface area contributed by atoms with Gasteiger partial charge in [-0.15, -0.1) is 0 Å². The Kier molecular flexibility index (Phi) is 3.52. The van der Waals surface area contributed by atoms with Crippen LogP contribution in [0.5, 0.6) is 5.75 Å². The minimum Gasteiger partial charge on any atom is -0.494 e. The highest BCUT2D eigenvalue weighted by atomic mass is 79.9. The van der Waals surface area contributed by atoms with Gasteiger partial charge < -0.3 is 10.5 Å². The van der Waals surface area contributed by atoms with Crippen LogP contribution in [0.25, 0.3) is 0 Å². The van der Waals surface area contributed by atoms with Crippen molar-refractivity contribution in [3.8, 4) is 5.75 Å². The first-order valence-electron chi connectivity index (χ1n) is 4.14. The average molecular weight is 258 g/mol. The second-order valence-electron chi connectivity index (χ2n) is 2.94. The topological polar surface area (TPSA) is 52.3 Å². The molecule has 0 fully saturated rings. The summed E-state index contributed by atoms with van der Waals surface area (Å²) in [5.74, 6) is 0.445. The van der Waals surface area contributed by atoms with E-state index < -0.39 is 0 Å². The molecule has 0 aliphatic rings. The summed E-state index contributed by atoms with van der Waals surface area (Å²) >= 11 is 3.13. The van der Waals surface area contributed by atoms with Gasteiger partial charge in [-0.3, -0.25) is 4.79 Å². The minimum atomic E-state index is -0.0216. The van der Waals surface area contributed by atoms with E-state index in [-0.39, 0.29) is 11.1 Å². The first-order chi connectivity index (χ1) is 6.61. The van der Waals surface area contributed by atoms with Crippen LogP contribution in [0.15, 0.2) is 12.1 Å². The van der Waals surface area contributed by atoms with Crippen LogP contribution in [0.1, 0.15) is 15.9 Å². The fourth-order valence-electron chi connectivity index (χ4n) is 1.33. The van der Waals surface area contributed by atoms with Crippen molar-refractivity contribution in [3.05, 3.63) is 23.3 Å². The van der Waals surface area contributed by atoms with Gasteiger partial charge in [-0.05, 0) is 18.6 Å². The molecule has 0 spiro atoms. The summed E-state index contributed by atoms with van der Waals surface area (Å²) < 4.78 is 5.11. The maximum Gasteiger partial charge on any atom is 0.177 e. The van der Waals surface area contributed by atoms with E-state index in [2.05, 4.69) is 15.9 Å². The predicted molar refractivity (Wildman–Crippen MR) is 60.3 cm³/mol. The lowest BCUT2D eigenvalue weighted by Crippen LogP contribution is -2.07. The summed E-state index contributed by atoms with van der Waals surface area (Å²) in [6.45, 7) is 1.86. The second kappa shape index (κ2) is 4.46. The number of aryl methyl sites for hydroxylation is 1. The van der Waals surface area contributed by atoms with Crippen LogP contribution in [0.4, 0.5) is 5.69 Å². The number of ether oxygens (including phenoxy) is 1. The summed E-state index contributed by atoms with van der Waals surface area (Å²) in [5, 5.41) is 0.271. The Hall–Kier alpha value is -1.03. The van der Waals surface area contributed by atoms with Gasteiger partial charge >= 0.3 is 0 Å². The molecule has 0 heterocycles. The van der Waals surface area contributed by atoms with Crippen LogP contribution in [-0.4, -0.2) is 18.2 Å². The molecule has 2 N–H and O–H groups in total. The molecule has 0 amide bonds. The number of alkyl halides is 1. The number of hydrogen-bond donors (Lipinski definition) is 1. The molecule has 4 heteroatoms. The van der Waals surface area contributed by atoms with Crippen molar-refractivity contribution >= 4 is 27.4 Å². The van der Waals surface area contributed by atoms with Gasteiger partial charge in [0.2, 0.25) is 0 Å². The molecule has 14 heavy (non-hydrogen) atoms. The van der Waals surface area contributed by atoms with E-state index in [1.165, 1.54) is 7.11 Å². The van der Waals surface area contributed by atoms with E-state index in [9.17, 15) is 4.79 Å². The van der Waals surface area contributed by atoms with Gasteiger partial charge in [-0.25, -0.2) is 0 Å². The molecule has 3 nitrogen and oxygen atoms in total. The lowest BCUT2D eigenvalue weighted by molar-refractivity contribution is 0.102. The largest absolute Gasteiger partial charge is 0.494 e. The highest BCUT2D eigenvalue weighted by molar-refractivity contribution is 9.09. The number of ketones is 1. The summed E-state index contributed by atoms with van der Waals surface area (Å²) in [4.78, 5) is 11.6. The number of carbonyl (C=O) groups is 1. The zero-order valence-corrected chi connectivity index (χ0v) is 9.72. The van der Waals surface area contributed by atoms with Crippen LogP contribution >= 0.6 is 15.9 Å². The molecule has 76 valence electrons. The van der Waals surface area contributed by atoms with E-state index >= 15 is 0 Å². The van der Waals surface area contributed by atoms with E-state index in [0.29, 0.717) is 17.0 Å². The Morgan fingerprint density at radius 3 is 2.71 bits per heavy atom. The Labute approximate surface area is 91.4 Å². The molecule has 1 aromatic carbocycles. The number of benzene rings is 1. The van der Waals surface area contributed by atoms with E-state index in [0.717, 1.165) is 5.56 Å². The highest BCUT2D eigenvalue weighted by Gasteiger charge is 2.16. The Balaban J connectivity index is 3.37. The third kappa shape index (κ3) is 1.90. The molecule has 0 aliphatic carbocycles.